The number of hydrogen-bond donors (Lipinski definition) is 1. The Bertz CT molecular complexity index is 579. The standard InChI is InChI=1S/C17H23N3O/c1-12(2)8-18-9-15-10-19-17(20-11-15)21-16-6-5-13(3)7-14(16)4/h5-7,10-12,18H,8-9H2,1-4H3. The van der Waals surface area contributed by atoms with Crippen molar-refractivity contribution < 1.29 is 4.74 Å². The minimum atomic E-state index is 0.384. The molecular formula is C17H23N3O. The summed E-state index contributed by atoms with van der Waals surface area (Å²) < 4.78 is 5.72. The lowest BCUT2D eigenvalue weighted by Crippen LogP contribution is -2.19. The van der Waals surface area contributed by atoms with Crippen LogP contribution in [0.25, 0.3) is 0 Å². The summed E-state index contributed by atoms with van der Waals surface area (Å²) in [7, 11) is 0. The molecule has 0 amide bonds. The van der Waals surface area contributed by atoms with Crippen LogP contribution >= 0.6 is 0 Å². The lowest BCUT2D eigenvalue weighted by molar-refractivity contribution is 0.437. The van der Waals surface area contributed by atoms with Crippen molar-refractivity contribution in [2.45, 2.75) is 34.2 Å². The Kier molecular flexibility index (Phi) is 5.28. The Labute approximate surface area is 126 Å². The lowest BCUT2D eigenvalue weighted by Gasteiger charge is -2.09. The minimum absolute atomic E-state index is 0.384. The number of benzene rings is 1. The predicted molar refractivity (Wildman–Crippen MR) is 84.6 cm³/mol. The summed E-state index contributed by atoms with van der Waals surface area (Å²) >= 11 is 0. The summed E-state index contributed by atoms with van der Waals surface area (Å²) in [5.41, 5.74) is 3.36. The molecule has 0 aliphatic carbocycles. The van der Waals surface area contributed by atoms with Crippen molar-refractivity contribution in [3.05, 3.63) is 47.3 Å². The molecular weight excluding hydrogens is 262 g/mol. The van der Waals surface area contributed by atoms with Crippen LogP contribution in [0.1, 0.15) is 30.5 Å². The van der Waals surface area contributed by atoms with E-state index in [1.54, 1.807) is 12.4 Å². The number of ether oxygens (including phenoxy) is 1. The summed E-state index contributed by atoms with van der Waals surface area (Å²) in [5, 5.41) is 3.36. The van der Waals surface area contributed by atoms with Gasteiger partial charge in [0.15, 0.2) is 0 Å². The smallest absolute Gasteiger partial charge is 0.321 e. The Morgan fingerprint density at radius 2 is 1.86 bits per heavy atom. The zero-order valence-corrected chi connectivity index (χ0v) is 13.2. The monoisotopic (exact) mass is 285 g/mol. The van der Waals surface area contributed by atoms with E-state index < -0.39 is 0 Å². The number of aromatic nitrogens is 2. The molecule has 0 bridgehead atoms. The van der Waals surface area contributed by atoms with E-state index in [0.29, 0.717) is 11.9 Å². The second-order valence-corrected chi connectivity index (χ2v) is 5.77. The van der Waals surface area contributed by atoms with Crippen LogP contribution in [0.15, 0.2) is 30.6 Å². The lowest BCUT2D eigenvalue weighted by atomic mass is 10.1. The first-order chi connectivity index (χ1) is 10.0. The summed E-state index contributed by atoms with van der Waals surface area (Å²) in [6.45, 7) is 10.2. The highest BCUT2D eigenvalue weighted by molar-refractivity contribution is 5.37. The molecule has 1 aromatic carbocycles. The number of nitrogens with zero attached hydrogens (tertiary/aromatic N) is 2. The van der Waals surface area contributed by atoms with Gasteiger partial charge in [-0.2, -0.15) is 0 Å². The largest absolute Gasteiger partial charge is 0.424 e. The SMILES string of the molecule is Cc1ccc(Oc2ncc(CNCC(C)C)cn2)c(C)c1. The third-order valence-electron chi connectivity index (χ3n) is 3.10. The van der Waals surface area contributed by atoms with E-state index in [-0.39, 0.29) is 0 Å². The molecule has 4 heteroatoms. The second kappa shape index (κ2) is 7.18. The zero-order chi connectivity index (χ0) is 15.2. The molecule has 1 N–H and O–H groups in total. The van der Waals surface area contributed by atoms with E-state index in [1.165, 1.54) is 5.56 Å². The van der Waals surface area contributed by atoms with Gasteiger partial charge in [-0.3, -0.25) is 0 Å². The fraction of sp³-hybridized carbons (Fsp3) is 0.412. The molecule has 0 aliphatic rings. The fourth-order valence-corrected chi connectivity index (χ4v) is 2.00. The van der Waals surface area contributed by atoms with Crippen LogP contribution in [0.2, 0.25) is 0 Å². The van der Waals surface area contributed by atoms with Crippen LogP contribution in [0, 0.1) is 19.8 Å². The Morgan fingerprint density at radius 1 is 1.14 bits per heavy atom. The van der Waals surface area contributed by atoms with E-state index in [2.05, 4.69) is 42.1 Å². The van der Waals surface area contributed by atoms with Crippen LogP contribution in [-0.4, -0.2) is 16.5 Å². The van der Waals surface area contributed by atoms with Crippen molar-refractivity contribution in [3.8, 4) is 11.8 Å². The van der Waals surface area contributed by atoms with Gasteiger partial charge in [0.1, 0.15) is 5.75 Å². The molecule has 4 nitrogen and oxygen atoms in total. The number of hydrogen-bond acceptors (Lipinski definition) is 4. The van der Waals surface area contributed by atoms with Gasteiger partial charge >= 0.3 is 6.01 Å². The highest BCUT2D eigenvalue weighted by Gasteiger charge is 2.04. The maximum absolute atomic E-state index is 5.72. The van der Waals surface area contributed by atoms with Gasteiger partial charge in [-0.05, 0) is 37.9 Å². The topological polar surface area (TPSA) is 47.0 Å². The molecule has 2 rings (SSSR count). The van der Waals surface area contributed by atoms with Gasteiger partial charge in [-0.15, -0.1) is 0 Å². The highest BCUT2D eigenvalue weighted by Crippen LogP contribution is 2.22. The number of rotatable bonds is 6. The molecule has 21 heavy (non-hydrogen) atoms. The second-order valence-electron chi connectivity index (χ2n) is 5.77. The quantitative estimate of drug-likeness (QED) is 0.880. The first-order valence-electron chi connectivity index (χ1n) is 7.31. The molecule has 0 spiro atoms. The summed E-state index contributed by atoms with van der Waals surface area (Å²) in [5.74, 6) is 1.43. The average molecular weight is 285 g/mol. The maximum Gasteiger partial charge on any atom is 0.321 e. The highest BCUT2D eigenvalue weighted by atomic mass is 16.5. The molecule has 0 unspecified atom stereocenters. The first kappa shape index (κ1) is 15.4. The van der Waals surface area contributed by atoms with Gasteiger partial charge in [0.2, 0.25) is 0 Å². The van der Waals surface area contributed by atoms with E-state index >= 15 is 0 Å². The number of aryl methyl sites for hydroxylation is 2. The van der Waals surface area contributed by atoms with E-state index in [4.69, 9.17) is 4.74 Å². The molecule has 0 radical (unpaired) electrons. The third kappa shape index (κ3) is 4.83. The van der Waals surface area contributed by atoms with Crippen LogP contribution in [0.3, 0.4) is 0 Å². The fourth-order valence-electron chi connectivity index (χ4n) is 2.00. The summed E-state index contributed by atoms with van der Waals surface area (Å²) in [6, 6.07) is 6.44. The van der Waals surface area contributed by atoms with Gasteiger partial charge < -0.3 is 10.1 Å². The van der Waals surface area contributed by atoms with Gasteiger partial charge in [0, 0.05) is 24.5 Å². The first-order valence-corrected chi connectivity index (χ1v) is 7.31. The van der Waals surface area contributed by atoms with Crippen molar-refractivity contribution in [2.75, 3.05) is 6.54 Å². The average Bonchev–Trinajstić information content (AvgIpc) is 2.43. The Hall–Kier alpha value is -1.94. The Morgan fingerprint density at radius 3 is 2.48 bits per heavy atom. The van der Waals surface area contributed by atoms with Crippen molar-refractivity contribution in [2.24, 2.45) is 5.92 Å². The molecule has 0 fully saturated rings. The van der Waals surface area contributed by atoms with Crippen molar-refractivity contribution in [3.63, 3.8) is 0 Å². The molecule has 112 valence electrons. The third-order valence-corrected chi connectivity index (χ3v) is 3.10. The molecule has 0 atom stereocenters. The van der Waals surface area contributed by atoms with Crippen molar-refractivity contribution in [1.82, 2.24) is 15.3 Å². The van der Waals surface area contributed by atoms with E-state index in [1.807, 2.05) is 19.1 Å². The molecule has 0 saturated heterocycles. The van der Waals surface area contributed by atoms with Gasteiger partial charge in [-0.25, -0.2) is 9.97 Å². The normalized spacial score (nSPS) is 10.9. The zero-order valence-electron chi connectivity index (χ0n) is 13.2. The van der Waals surface area contributed by atoms with Crippen LogP contribution in [0.5, 0.6) is 11.8 Å². The molecule has 0 saturated carbocycles. The van der Waals surface area contributed by atoms with Crippen molar-refractivity contribution >= 4 is 0 Å². The molecule has 1 aromatic heterocycles. The van der Waals surface area contributed by atoms with Gasteiger partial charge in [0.05, 0.1) is 0 Å². The van der Waals surface area contributed by atoms with Gasteiger partial charge in [0.25, 0.3) is 0 Å². The summed E-state index contributed by atoms with van der Waals surface area (Å²) in [4.78, 5) is 8.52. The van der Waals surface area contributed by atoms with Crippen LogP contribution in [0.4, 0.5) is 0 Å². The number of nitrogens with one attached hydrogen (secondary N) is 1. The van der Waals surface area contributed by atoms with E-state index in [0.717, 1.165) is 30.0 Å². The maximum atomic E-state index is 5.72. The minimum Gasteiger partial charge on any atom is -0.424 e. The van der Waals surface area contributed by atoms with Crippen molar-refractivity contribution in [1.29, 1.82) is 0 Å². The molecule has 0 aliphatic heterocycles. The Balaban J connectivity index is 1.95. The molecule has 2 aromatic rings. The van der Waals surface area contributed by atoms with E-state index in [9.17, 15) is 0 Å². The predicted octanol–water partition coefficient (Wildman–Crippen LogP) is 3.63. The molecule has 1 heterocycles. The van der Waals surface area contributed by atoms with Crippen LogP contribution < -0.4 is 10.1 Å². The van der Waals surface area contributed by atoms with Gasteiger partial charge in [-0.1, -0.05) is 31.5 Å². The summed E-state index contributed by atoms with van der Waals surface area (Å²) in [6.07, 6.45) is 3.61. The van der Waals surface area contributed by atoms with Crippen LogP contribution in [-0.2, 0) is 6.54 Å².